The zero-order valence-corrected chi connectivity index (χ0v) is 9.81. The van der Waals surface area contributed by atoms with E-state index in [9.17, 15) is 0 Å². The summed E-state index contributed by atoms with van der Waals surface area (Å²) in [5.74, 6) is 2.64. The molecule has 2 nitrogen and oxygen atoms in total. The number of hydrogen-bond acceptors (Lipinski definition) is 3. The van der Waals surface area contributed by atoms with Gasteiger partial charge in [-0.1, -0.05) is 0 Å². The highest BCUT2D eigenvalue weighted by Gasteiger charge is 2.24. The number of nitrogens with one attached hydrogen (secondary N) is 1. The molecule has 0 aromatic rings. The first kappa shape index (κ1) is 10.8. The van der Waals surface area contributed by atoms with Gasteiger partial charge < -0.3 is 10.1 Å². The van der Waals surface area contributed by atoms with Crippen LogP contribution in [0.25, 0.3) is 0 Å². The zero-order valence-electron chi connectivity index (χ0n) is 9.00. The van der Waals surface area contributed by atoms with Crippen molar-refractivity contribution in [2.45, 2.75) is 50.8 Å². The van der Waals surface area contributed by atoms with Gasteiger partial charge in [0.15, 0.2) is 0 Å². The third kappa shape index (κ3) is 2.88. The van der Waals surface area contributed by atoms with E-state index >= 15 is 0 Å². The molecule has 2 fully saturated rings. The van der Waals surface area contributed by atoms with Crippen molar-refractivity contribution in [2.24, 2.45) is 0 Å². The molecule has 0 spiro atoms. The van der Waals surface area contributed by atoms with E-state index in [-0.39, 0.29) is 0 Å². The molecule has 0 aromatic heterocycles. The summed E-state index contributed by atoms with van der Waals surface area (Å²) in [5, 5.41) is 3.71. The molecule has 2 rings (SSSR count). The predicted molar refractivity (Wildman–Crippen MR) is 61.9 cm³/mol. The van der Waals surface area contributed by atoms with Gasteiger partial charge in [-0.2, -0.15) is 11.8 Å². The second-order valence-corrected chi connectivity index (χ2v) is 5.57. The van der Waals surface area contributed by atoms with Crippen LogP contribution in [0.5, 0.6) is 0 Å². The SMILES string of the molecule is CC(NC1CCCSC1)C1CCCO1. The summed E-state index contributed by atoms with van der Waals surface area (Å²) in [6, 6.07) is 1.27. The molecule has 2 heterocycles. The summed E-state index contributed by atoms with van der Waals surface area (Å²) in [7, 11) is 0. The van der Waals surface area contributed by atoms with Gasteiger partial charge in [-0.15, -0.1) is 0 Å². The molecule has 3 atom stereocenters. The molecule has 3 heteroatoms. The van der Waals surface area contributed by atoms with Gasteiger partial charge in [0.25, 0.3) is 0 Å². The first-order valence-corrected chi connectivity index (χ1v) is 6.97. The third-order valence-corrected chi connectivity index (χ3v) is 4.40. The van der Waals surface area contributed by atoms with Crippen molar-refractivity contribution in [2.75, 3.05) is 18.1 Å². The van der Waals surface area contributed by atoms with Gasteiger partial charge in [0.2, 0.25) is 0 Å². The molecule has 2 saturated heterocycles. The van der Waals surface area contributed by atoms with Crippen molar-refractivity contribution >= 4 is 11.8 Å². The van der Waals surface area contributed by atoms with Gasteiger partial charge >= 0.3 is 0 Å². The molecule has 1 N–H and O–H groups in total. The molecule has 0 saturated carbocycles. The van der Waals surface area contributed by atoms with Crippen LogP contribution in [-0.4, -0.2) is 36.3 Å². The van der Waals surface area contributed by atoms with Crippen LogP contribution in [0.3, 0.4) is 0 Å². The lowest BCUT2D eigenvalue weighted by Gasteiger charge is -2.28. The van der Waals surface area contributed by atoms with Gasteiger partial charge in [0.1, 0.15) is 0 Å². The Bertz CT molecular complexity index is 165. The molecular weight excluding hydrogens is 194 g/mol. The van der Waals surface area contributed by atoms with Gasteiger partial charge in [0.05, 0.1) is 6.10 Å². The van der Waals surface area contributed by atoms with Gasteiger partial charge in [-0.05, 0) is 38.4 Å². The molecule has 0 aromatic carbocycles. The minimum atomic E-state index is 0.474. The van der Waals surface area contributed by atoms with Crippen LogP contribution in [0, 0.1) is 0 Å². The van der Waals surface area contributed by atoms with Crippen LogP contribution >= 0.6 is 11.8 Å². The largest absolute Gasteiger partial charge is 0.377 e. The summed E-state index contributed by atoms with van der Waals surface area (Å²) >= 11 is 2.08. The van der Waals surface area contributed by atoms with Crippen LogP contribution in [-0.2, 0) is 4.74 Å². The Kier molecular flexibility index (Phi) is 4.14. The molecule has 3 unspecified atom stereocenters. The molecule has 82 valence electrons. The Balaban J connectivity index is 1.72. The van der Waals surface area contributed by atoms with E-state index in [2.05, 4.69) is 24.0 Å². The van der Waals surface area contributed by atoms with Gasteiger partial charge in [0, 0.05) is 24.4 Å². The number of ether oxygens (including phenoxy) is 1. The first-order chi connectivity index (χ1) is 6.86. The first-order valence-electron chi connectivity index (χ1n) is 5.81. The Hall–Kier alpha value is 0.270. The predicted octanol–water partition coefficient (Wildman–Crippen LogP) is 2.04. The van der Waals surface area contributed by atoms with Gasteiger partial charge in [-0.25, -0.2) is 0 Å². The Morgan fingerprint density at radius 3 is 2.93 bits per heavy atom. The molecule has 2 aliphatic rings. The summed E-state index contributed by atoms with van der Waals surface area (Å²) in [4.78, 5) is 0. The number of thioether (sulfide) groups is 1. The minimum Gasteiger partial charge on any atom is -0.377 e. The highest BCUT2D eigenvalue weighted by Crippen LogP contribution is 2.20. The molecule has 14 heavy (non-hydrogen) atoms. The van der Waals surface area contributed by atoms with E-state index in [4.69, 9.17) is 4.74 Å². The number of rotatable bonds is 3. The maximum absolute atomic E-state index is 5.69. The Morgan fingerprint density at radius 1 is 1.36 bits per heavy atom. The molecule has 2 aliphatic heterocycles. The lowest BCUT2D eigenvalue weighted by Crippen LogP contribution is -2.45. The summed E-state index contributed by atoms with van der Waals surface area (Å²) in [6.45, 7) is 3.24. The molecule has 0 radical (unpaired) electrons. The molecule has 0 amide bonds. The van der Waals surface area contributed by atoms with Crippen LogP contribution in [0.15, 0.2) is 0 Å². The summed E-state index contributed by atoms with van der Waals surface area (Å²) in [6.07, 6.45) is 5.69. The van der Waals surface area contributed by atoms with E-state index in [1.54, 1.807) is 0 Å². The average molecular weight is 215 g/mol. The maximum Gasteiger partial charge on any atom is 0.0726 e. The van der Waals surface area contributed by atoms with Crippen LogP contribution in [0.4, 0.5) is 0 Å². The van der Waals surface area contributed by atoms with Crippen molar-refractivity contribution in [3.63, 3.8) is 0 Å². The Morgan fingerprint density at radius 2 is 2.29 bits per heavy atom. The quantitative estimate of drug-likeness (QED) is 0.778. The fraction of sp³-hybridized carbons (Fsp3) is 1.00. The summed E-state index contributed by atoms with van der Waals surface area (Å²) in [5.41, 5.74) is 0. The van der Waals surface area contributed by atoms with Gasteiger partial charge in [-0.3, -0.25) is 0 Å². The Labute approximate surface area is 91.2 Å². The van der Waals surface area contributed by atoms with E-state index in [1.807, 2.05) is 0 Å². The van der Waals surface area contributed by atoms with E-state index < -0.39 is 0 Å². The second kappa shape index (κ2) is 5.38. The third-order valence-electron chi connectivity index (χ3n) is 3.18. The standard InChI is InChI=1S/C11H21NOS/c1-9(11-5-2-6-13-11)12-10-4-3-7-14-8-10/h9-12H,2-8H2,1H3. The summed E-state index contributed by atoms with van der Waals surface area (Å²) < 4.78 is 5.69. The van der Waals surface area contributed by atoms with E-state index in [1.165, 1.54) is 37.2 Å². The minimum absolute atomic E-state index is 0.474. The fourth-order valence-electron chi connectivity index (χ4n) is 2.35. The lowest BCUT2D eigenvalue weighted by molar-refractivity contribution is 0.0801. The normalized spacial score (nSPS) is 35.8. The highest BCUT2D eigenvalue weighted by atomic mass is 32.2. The highest BCUT2D eigenvalue weighted by molar-refractivity contribution is 7.99. The lowest BCUT2D eigenvalue weighted by atomic mass is 10.1. The van der Waals surface area contributed by atoms with Crippen molar-refractivity contribution in [1.82, 2.24) is 5.32 Å². The van der Waals surface area contributed by atoms with E-state index in [0.29, 0.717) is 12.1 Å². The molecular formula is C11H21NOS. The van der Waals surface area contributed by atoms with Crippen molar-refractivity contribution in [3.05, 3.63) is 0 Å². The van der Waals surface area contributed by atoms with Crippen LogP contribution < -0.4 is 5.32 Å². The second-order valence-electron chi connectivity index (χ2n) is 4.42. The van der Waals surface area contributed by atoms with Crippen molar-refractivity contribution in [3.8, 4) is 0 Å². The van der Waals surface area contributed by atoms with Crippen molar-refractivity contribution in [1.29, 1.82) is 0 Å². The van der Waals surface area contributed by atoms with E-state index in [0.717, 1.165) is 12.6 Å². The van der Waals surface area contributed by atoms with Crippen LogP contribution in [0.2, 0.25) is 0 Å². The average Bonchev–Trinajstić information content (AvgIpc) is 2.72. The monoisotopic (exact) mass is 215 g/mol. The molecule has 0 bridgehead atoms. The smallest absolute Gasteiger partial charge is 0.0726 e. The zero-order chi connectivity index (χ0) is 9.80. The maximum atomic E-state index is 5.69. The van der Waals surface area contributed by atoms with Crippen LogP contribution in [0.1, 0.15) is 32.6 Å². The topological polar surface area (TPSA) is 21.3 Å². The fourth-order valence-corrected chi connectivity index (χ4v) is 3.43. The number of hydrogen-bond donors (Lipinski definition) is 1. The van der Waals surface area contributed by atoms with Crippen molar-refractivity contribution < 1.29 is 4.74 Å². The molecule has 0 aliphatic carbocycles.